The van der Waals surface area contributed by atoms with Crippen LogP contribution < -0.4 is 10.1 Å². The van der Waals surface area contributed by atoms with Crippen LogP contribution in [0.25, 0.3) is 0 Å². The standard InChI is InChI=1S/C20H15F5N2O5/c1-31-20(30)11-8-27(5-6-28)19(29)17(11)26-9-3-2-4-10(7-9)32-18-15(24)13(22)12(21)14(23)16(18)25/h2-4,7,26,28H,5-6,8H2,1H3. The molecule has 0 atom stereocenters. The van der Waals surface area contributed by atoms with Gasteiger partial charge in [0.1, 0.15) is 11.4 Å². The molecule has 0 fully saturated rings. The molecule has 0 saturated heterocycles. The Morgan fingerprint density at radius 3 is 2.31 bits per heavy atom. The summed E-state index contributed by atoms with van der Waals surface area (Å²) in [6.45, 7) is -0.526. The van der Waals surface area contributed by atoms with E-state index in [1.54, 1.807) is 0 Å². The van der Waals surface area contributed by atoms with Crippen LogP contribution in [0.15, 0.2) is 35.5 Å². The number of aliphatic hydroxyl groups excluding tert-OH is 1. The zero-order chi connectivity index (χ0) is 23.6. The Hall–Kier alpha value is -3.67. The number of halogens is 5. The molecule has 2 aromatic rings. The van der Waals surface area contributed by atoms with Gasteiger partial charge in [-0.15, -0.1) is 0 Å². The first-order chi connectivity index (χ1) is 15.2. The van der Waals surface area contributed by atoms with E-state index in [9.17, 15) is 31.5 Å². The molecule has 0 unspecified atom stereocenters. The van der Waals surface area contributed by atoms with Gasteiger partial charge in [-0.25, -0.2) is 18.0 Å². The Bertz CT molecular complexity index is 1090. The van der Waals surface area contributed by atoms with E-state index in [1.165, 1.54) is 23.1 Å². The van der Waals surface area contributed by atoms with Crippen molar-refractivity contribution in [2.24, 2.45) is 0 Å². The fourth-order valence-corrected chi connectivity index (χ4v) is 2.92. The van der Waals surface area contributed by atoms with E-state index < -0.39 is 46.7 Å². The Morgan fingerprint density at radius 2 is 1.72 bits per heavy atom. The van der Waals surface area contributed by atoms with Crippen molar-refractivity contribution in [1.29, 1.82) is 0 Å². The number of amides is 1. The summed E-state index contributed by atoms with van der Waals surface area (Å²) in [6, 6.07) is 5.00. The van der Waals surface area contributed by atoms with E-state index in [2.05, 4.69) is 10.1 Å². The van der Waals surface area contributed by atoms with Gasteiger partial charge in [-0.3, -0.25) is 4.79 Å². The second-order valence-electron chi connectivity index (χ2n) is 6.45. The normalized spacial score (nSPS) is 13.6. The predicted octanol–water partition coefficient (Wildman–Crippen LogP) is 2.85. The number of aliphatic hydroxyl groups is 1. The van der Waals surface area contributed by atoms with Gasteiger partial charge in [0.05, 0.1) is 25.8 Å². The van der Waals surface area contributed by atoms with Gasteiger partial charge in [-0.05, 0) is 12.1 Å². The second-order valence-corrected chi connectivity index (χ2v) is 6.45. The molecular weight excluding hydrogens is 443 g/mol. The summed E-state index contributed by atoms with van der Waals surface area (Å²) >= 11 is 0. The van der Waals surface area contributed by atoms with Crippen LogP contribution in [0.4, 0.5) is 27.6 Å². The number of carbonyl (C=O) groups is 2. The minimum atomic E-state index is -2.32. The van der Waals surface area contributed by atoms with Crippen LogP contribution in [0.2, 0.25) is 0 Å². The maximum absolute atomic E-state index is 13.9. The summed E-state index contributed by atoms with van der Waals surface area (Å²) in [5, 5.41) is 11.7. The highest BCUT2D eigenvalue weighted by Crippen LogP contribution is 2.34. The van der Waals surface area contributed by atoms with Gasteiger partial charge in [-0.2, -0.15) is 8.78 Å². The van der Waals surface area contributed by atoms with Crippen LogP contribution in [-0.4, -0.2) is 48.7 Å². The van der Waals surface area contributed by atoms with Gasteiger partial charge in [0.2, 0.25) is 34.8 Å². The number of β-amino-alcohol motifs (C(OH)–C–C–N with tert-alkyl or cyclic N) is 1. The van der Waals surface area contributed by atoms with Crippen molar-refractivity contribution in [1.82, 2.24) is 4.90 Å². The van der Waals surface area contributed by atoms with Crippen LogP contribution in [0.3, 0.4) is 0 Å². The van der Waals surface area contributed by atoms with Gasteiger partial charge < -0.3 is 24.8 Å². The summed E-state index contributed by atoms with van der Waals surface area (Å²) in [6.07, 6.45) is 0. The summed E-state index contributed by atoms with van der Waals surface area (Å²) in [4.78, 5) is 25.7. The molecule has 0 radical (unpaired) electrons. The number of nitrogens with zero attached hydrogens (tertiary/aromatic N) is 1. The van der Waals surface area contributed by atoms with E-state index >= 15 is 0 Å². The number of methoxy groups -OCH3 is 1. The van der Waals surface area contributed by atoms with Crippen LogP contribution in [0.5, 0.6) is 11.5 Å². The first-order valence-corrected chi connectivity index (χ1v) is 8.97. The van der Waals surface area contributed by atoms with Gasteiger partial charge >= 0.3 is 5.97 Å². The number of nitrogens with one attached hydrogen (secondary N) is 1. The van der Waals surface area contributed by atoms with E-state index in [0.29, 0.717) is 0 Å². The average Bonchev–Trinajstić information content (AvgIpc) is 3.09. The topological polar surface area (TPSA) is 88.1 Å². The lowest BCUT2D eigenvalue weighted by Gasteiger charge is -2.15. The molecule has 170 valence electrons. The van der Waals surface area contributed by atoms with Crippen molar-refractivity contribution in [2.45, 2.75) is 0 Å². The Balaban J connectivity index is 1.92. The van der Waals surface area contributed by atoms with Crippen LogP contribution in [0.1, 0.15) is 0 Å². The van der Waals surface area contributed by atoms with Crippen molar-refractivity contribution in [2.75, 3.05) is 32.1 Å². The highest BCUT2D eigenvalue weighted by atomic mass is 19.2. The minimum absolute atomic E-state index is 0.0305. The monoisotopic (exact) mass is 458 g/mol. The van der Waals surface area contributed by atoms with Gasteiger partial charge in [0, 0.05) is 18.3 Å². The van der Waals surface area contributed by atoms with E-state index in [1.807, 2.05) is 0 Å². The summed E-state index contributed by atoms with van der Waals surface area (Å²) < 4.78 is 77.2. The smallest absolute Gasteiger partial charge is 0.337 e. The fourth-order valence-electron chi connectivity index (χ4n) is 2.92. The average molecular weight is 458 g/mol. The molecule has 0 aliphatic carbocycles. The number of anilines is 1. The molecule has 0 bridgehead atoms. The third kappa shape index (κ3) is 4.21. The quantitative estimate of drug-likeness (QED) is 0.287. The van der Waals surface area contributed by atoms with Crippen molar-refractivity contribution in [3.8, 4) is 11.5 Å². The lowest BCUT2D eigenvalue weighted by molar-refractivity contribution is -0.136. The number of ether oxygens (including phenoxy) is 2. The first-order valence-electron chi connectivity index (χ1n) is 8.97. The lowest BCUT2D eigenvalue weighted by atomic mass is 10.2. The van der Waals surface area contributed by atoms with Crippen LogP contribution >= 0.6 is 0 Å². The number of carbonyl (C=O) groups excluding carboxylic acids is 2. The van der Waals surface area contributed by atoms with Gasteiger partial charge in [-0.1, -0.05) is 6.07 Å². The molecule has 3 rings (SSSR count). The van der Waals surface area contributed by atoms with Crippen molar-refractivity contribution >= 4 is 17.6 Å². The third-order valence-electron chi connectivity index (χ3n) is 4.45. The van der Waals surface area contributed by atoms with Crippen molar-refractivity contribution < 1.29 is 46.1 Å². The zero-order valence-electron chi connectivity index (χ0n) is 16.3. The molecule has 1 aliphatic heterocycles. The molecule has 0 saturated carbocycles. The summed E-state index contributed by atoms with van der Waals surface area (Å²) in [5.41, 5.74) is -0.0994. The molecule has 32 heavy (non-hydrogen) atoms. The Morgan fingerprint density at radius 1 is 1.09 bits per heavy atom. The molecule has 0 aromatic heterocycles. The van der Waals surface area contributed by atoms with Crippen molar-refractivity contribution in [3.63, 3.8) is 0 Å². The maximum atomic E-state index is 13.9. The minimum Gasteiger partial charge on any atom is -0.466 e. The molecular formula is C20H15F5N2O5. The van der Waals surface area contributed by atoms with E-state index in [-0.39, 0.29) is 42.4 Å². The van der Waals surface area contributed by atoms with Crippen LogP contribution in [0, 0.1) is 29.1 Å². The molecule has 12 heteroatoms. The van der Waals surface area contributed by atoms with E-state index in [4.69, 9.17) is 9.84 Å². The SMILES string of the molecule is COC(=O)C1=C(Nc2cccc(Oc3c(F)c(F)c(F)c(F)c3F)c2)C(=O)N(CCO)C1. The third-order valence-corrected chi connectivity index (χ3v) is 4.45. The summed E-state index contributed by atoms with van der Waals surface area (Å²) in [7, 11) is 1.12. The highest BCUT2D eigenvalue weighted by molar-refractivity contribution is 6.08. The lowest BCUT2D eigenvalue weighted by Crippen LogP contribution is -2.31. The molecule has 2 N–H and O–H groups in total. The first kappa shape index (κ1) is 23.0. The molecule has 7 nitrogen and oxygen atoms in total. The number of benzene rings is 2. The van der Waals surface area contributed by atoms with Crippen LogP contribution in [-0.2, 0) is 14.3 Å². The number of hydrogen-bond acceptors (Lipinski definition) is 6. The number of rotatable bonds is 7. The number of hydrogen-bond donors (Lipinski definition) is 2. The predicted molar refractivity (Wildman–Crippen MR) is 99.1 cm³/mol. The molecule has 0 spiro atoms. The Labute approximate surface area is 177 Å². The molecule has 1 heterocycles. The Kier molecular flexibility index (Phi) is 6.63. The maximum Gasteiger partial charge on any atom is 0.337 e. The van der Waals surface area contributed by atoms with Gasteiger partial charge in [0.25, 0.3) is 5.91 Å². The van der Waals surface area contributed by atoms with E-state index in [0.717, 1.165) is 13.2 Å². The fraction of sp³-hybridized carbons (Fsp3) is 0.200. The van der Waals surface area contributed by atoms with Crippen molar-refractivity contribution in [3.05, 3.63) is 64.6 Å². The largest absolute Gasteiger partial charge is 0.466 e. The summed E-state index contributed by atoms with van der Waals surface area (Å²) in [5.74, 6) is -14.2. The number of esters is 1. The zero-order valence-corrected chi connectivity index (χ0v) is 16.3. The molecule has 2 aromatic carbocycles. The van der Waals surface area contributed by atoms with Gasteiger partial charge in [0.15, 0.2) is 0 Å². The highest BCUT2D eigenvalue weighted by Gasteiger charge is 2.34. The molecule has 1 amide bonds. The molecule has 1 aliphatic rings. The second kappa shape index (κ2) is 9.22.